The van der Waals surface area contributed by atoms with E-state index < -0.39 is 11.6 Å². The van der Waals surface area contributed by atoms with Gasteiger partial charge in [-0.25, -0.2) is 8.78 Å². The fourth-order valence-electron chi connectivity index (χ4n) is 6.01. The highest BCUT2D eigenvalue weighted by atomic mass is 19.1. The Hall–Kier alpha value is -4.02. The molecular weight excluding hydrogens is 536 g/mol. The predicted molar refractivity (Wildman–Crippen MR) is 164 cm³/mol. The summed E-state index contributed by atoms with van der Waals surface area (Å²) in [6.07, 6.45) is 2.50. The van der Waals surface area contributed by atoms with Crippen molar-refractivity contribution in [2.45, 2.75) is 25.3 Å². The number of nitrogens with zero attached hydrogens (tertiary/aromatic N) is 4. The minimum Gasteiger partial charge on any atom is -0.380 e. The molecule has 6 rings (SSSR count). The number of likely N-dealkylation sites (tertiary alicyclic amines) is 1. The molecule has 3 N–H and O–H groups in total. The summed E-state index contributed by atoms with van der Waals surface area (Å²) in [4.78, 5) is 20.8. The second kappa shape index (κ2) is 12.1. The molecule has 1 unspecified atom stereocenters. The maximum atomic E-state index is 13.7. The summed E-state index contributed by atoms with van der Waals surface area (Å²) >= 11 is 0. The van der Waals surface area contributed by atoms with Crippen molar-refractivity contribution in [3.8, 4) is 0 Å². The lowest BCUT2D eigenvalue weighted by molar-refractivity contribution is 0.102. The van der Waals surface area contributed by atoms with E-state index in [1.807, 2.05) is 30.3 Å². The van der Waals surface area contributed by atoms with Crippen LogP contribution in [0.15, 0.2) is 54.6 Å². The number of aromatic amines is 1. The number of fused-ring (bicyclic) bond motifs is 1. The number of anilines is 3. The van der Waals surface area contributed by atoms with Crippen LogP contribution in [0, 0.1) is 11.6 Å². The minimum atomic E-state index is -0.606. The number of hydrogen-bond donors (Lipinski definition) is 3. The van der Waals surface area contributed by atoms with E-state index in [0.29, 0.717) is 23.4 Å². The second-order valence-corrected chi connectivity index (χ2v) is 11.6. The molecule has 2 aliphatic heterocycles. The zero-order valence-corrected chi connectivity index (χ0v) is 24.1. The number of hydrogen-bond acceptors (Lipinski definition) is 6. The summed E-state index contributed by atoms with van der Waals surface area (Å²) in [5, 5.41) is 14.8. The van der Waals surface area contributed by atoms with Crippen LogP contribution in [0.2, 0.25) is 0 Å². The van der Waals surface area contributed by atoms with Gasteiger partial charge >= 0.3 is 0 Å². The molecule has 1 atom stereocenters. The lowest BCUT2D eigenvalue weighted by Gasteiger charge is -2.35. The van der Waals surface area contributed by atoms with Crippen molar-refractivity contribution in [3.63, 3.8) is 0 Å². The summed E-state index contributed by atoms with van der Waals surface area (Å²) in [6, 6.07) is 15.4. The first-order chi connectivity index (χ1) is 20.3. The fraction of sp³-hybridized carbons (Fsp3) is 0.375. The zero-order chi connectivity index (χ0) is 29.2. The van der Waals surface area contributed by atoms with Gasteiger partial charge in [0.25, 0.3) is 5.91 Å². The third-order valence-electron chi connectivity index (χ3n) is 8.29. The van der Waals surface area contributed by atoms with Crippen LogP contribution in [-0.2, 0) is 6.42 Å². The summed E-state index contributed by atoms with van der Waals surface area (Å²) in [5.41, 5.74) is 4.63. The van der Waals surface area contributed by atoms with Gasteiger partial charge in [0.1, 0.15) is 11.6 Å². The van der Waals surface area contributed by atoms with Gasteiger partial charge in [0.05, 0.1) is 11.1 Å². The maximum Gasteiger partial charge on any atom is 0.258 e. The van der Waals surface area contributed by atoms with Gasteiger partial charge in [-0.2, -0.15) is 5.10 Å². The SMILES string of the molecule is CN1CCN(c2ccc(C(=O)Nc3n[nH]c4ccc(Cc5cc(F)cc(F)c5)cc34)c(NC3CCCN(C)C3)c2)CC1. The third-order valence-corrected chi connectivity index (χ3v) is 8.29. The first-order valence-corrected chi connectivity index (χ1v) is 14.6. The third kappa shape index (κ3) is 6.39. The molecule has 0 radical (unpaired) electrons. The number of nitrogens with one attached hydrogen (secondary N) is 3. The van der Waals surface area contributed by atoms with E-state index in [4.69, 9.17) is 0 Å². The Morgan fingerprint density at radius 2 is 1.71 bits per heavy atom. The average Bonchev–Trinajstić information content (AvgIpc) is 3.34. The van der Waals surface area contributed by atoms with Crippen molar-refractivity contribution >= 4 is 34.0 Å². The van der Waals surface area contributed by atoms with E-state index >= 15 is 0 Å². The van der Waals surface area contributed by atoms with Crippen molar-refractivity contribution in [1.82, 2.24) is 20.0 Å². The molecule has 1 amide bonds. The molecule has 2 aliphatic rings. The molecule has 10 heteroatoms. The smallest absolute Gasteiger partial charge is 0.258 e. The number of piperazine rings is 1. The predicted octanol–water partition coefficient (Wildman–Crippen LogP) is 4.94. The Balaban J connectivity index is 1.26. The van der Waals surface area contributed by atoms with Crippen molar-refractivity contribution in [1.29, 1.82) is 0 Å². The van der Waals surface area contributed by atoms with Crippen LogP contribution in [0.3, 0.4) is 0 Å². The van der Waals surface area contributed by atoms with Crippen molar-refractivity contribution in [2.75, 3.05) is 68.9 Å². The normalized spacial score (nSPS) is 18.4. The Morgan fingerprint density at radius 3 is 2.48 bits per heavy atom. The topological polar surface area (TPSA) is 79.5 Å². The standard InChI is InChI=1S/C32H37F2N7O/c1-39-10-12-41(13-11-39)26-6-7-27(30(19-26)35-25-4-3-9-40(2)20-25)32(42)36-31-28-17-21(5-8-29(28)37-38-31)14-22-15-23(33)18-24(34)16-22/h5-8,15-19,25,35H,3-4,9-14,20H2,1-2H3,(H2,36,37,38,42). The molecule has 42 heavy (non-hydrogen) atoms. The summed E-state index contributed by atoms with van der Waals surface area (Å²) in [7, 11) is 4.27. The van der Waals surface area contributed by atoms with Crippen molar-refractivity contribution in [2.24, 2.45) is 0 Å². The van der Waals surface area contributed by atoms with Crippen LogP contribution in [0.1, 0.15) is 34.3 Å². The highest BCUT2D eigenvalue weighted by molar-refractivity contribution is 6.11. The van der Waals surface area contributed by atoms with Crippen molar-refractivity contribution < 1.29 is 13.6 Å². The number of amides is 1. The first-order valence-electron chi connectivity index (χ1n) is 14.6. The van der Waals surface area contributed by atoms with Gasteiger partial charge < -0.3 is 25.3 Å². The van der Waals surface area contributed by atoms with Crippen LogP contribution in [0.4, 0.5) is 26.0 Å². The Labute approximate surface area is 244 Å². The van der Waals surface area contributed by atoms with Crippen LogP contribution >= 0.6 is 0 Å². The van der Waals surface area contributed by atoms with Gasteiger partial charge in [-0.1, -0.05) is 6.07 Å². The number of aromatic nitrogens is 2. The van der Waals surface area contributed by atoms with E-state index in [1.165, 1.54) is 12.1 Å². The van der Waals surface area contributed by atoms with E-state index in [9.17, 15) is 13.6 Å². The lowest BCUT2D eigenvalue weighted by atomic mass is 10.0. The lowest BCUT2D eigenvalue weighted by Crippen LogP contribution is -2.44. The molecule has 1 aromatic heterocycles. The molecule has 4 aromatic rings. The summed E-state index contributed by atoms with van der Waals surface area (Å²) < 4.78 is 27.5. The van der Waals surface area contributed by atoms with Crippen molar-refractivity contribution in [3.05, 3.63) is 82.9 Å². The number of likely N-dealkylation sites (N-methyl/N-ethyl adjacent to an activating group) is 2. The molecule has 0 aliphatic carbocycles. The van der Waals surface area contributed by atoms with E-state index in [2.05, 4.69) is 55.7 Å². The molecule has 220 valence electrons. The molecule has 0 saturated carbocycles. The zero-order valence-electron chi connectivity index (χ0n) is 24.1. The highest BCUT2D eigenvalue weighted by Crippen LogP contribution is 2.29. The van der Waals surface area contributed by atoms with Gasteiger partial charge in [-0.3, -0.25) is 9.89 Å². The van der Waals surface area contributed by atoms with Gasteiger partial charge in [-0.05, 0) is 93.5 Å². The van der Waals surface area contributed by atoms with Gasteiger partial charge in [-0.15, -0.1) is 0 Å². The largest absolute Gasteiger partial charge is 0.380 e. The Kier molecular flexibility index (Phi) is 8.08. The van der Waals surface area contributed by atoms with E-state index in [0.717, 1.165) is 86.0 Å². The molecule has 0 bridgehead atoms. The van der Waals surface area contributed by atoms with E-state index in [1.54, 1.807) is 0 Å². The molecular formula is C32H37F2N7O. The number of piperidine rings is 1. The Bertz CT molecular complexity index is 1560. The molecule has 2 saturated heterocycles. The molecule has 3 heterocycles. The quantitative estimate of drug-likeness (QED) is 0.291. The molecule has 0 spiro atoms. The maximum absolute atomic E-state index is 13.7. The number of benzene rings is 3. The summed E-state index contributed by atoms with van der Waals surface area (Å²) in [6.45, 7) is 5.88. The Morgan fingerprint density at radius 1 is 0.929 bits per heavy atom. The van der Waals surface area contributed by atoms with Crippen LogP contribution in [0.5, 0.6) is 0 Å². The number of rotatable bonds is 7. The van der Waals surface area contributed by atoms with Crippen LogP contribution < -0.4 is 15.5 Å². The monoisotopic (exact) mass is 573 g/mol. The van der Waals surface area contributed by atoms with Gasteiger partial charge in [0, 0.05) is 61.6 Å². The first kappa shape index (κ1) is 28.1. The van der Waals surface area contributed by atoms with Gasteiger partial charge in [0.15, 0.2) is 5.82 Å². The van der Waals surface area contributed by atoms with Crippen LogP contribution in [-0.4, -0.2) is 85.3 Å². The summed E-state index contributed by atoms with van der Waals surface area (Å²) in [5.74, 6) is -1.05. The van der Waals surface area contributed by atoms with Gasteiger partial charge in [0.2, 0.25) is 0 Å². The van der Waals surface area contributed by atoms with Crippen LogP contribution in [0.25, 0.3) is 10.9 Å². The number of halogens is 2. The number of carbonyl (C=O) groups is 1. The fourth-order valence-corrected chi connectivity index (χ4v) is 6.01. The molecule has 3 aromatic carbocycles. The average molecular weight is 574 g/mol. The van der Waals surface area contributed by atoms with E-state index in [-0.39, 0.29) is 11.9 Å². The minimum absolute atomic E-state index is 0.250. The second-order valence-electron chi connectivity index (χ2n) is 11.6. The molecule has 2 fully saturated rings. The number of H-pyrrole nitrogens is 1. The molecule has 8 nitrogen and oxygen atoms in total. The highest BCUT2D eigenvalue weighted by Gasteiger charge is 2.23. The number of carbonyl (C=O) groups excluding carboxylic acids is 1.